The molecule has 9 heteroatoms. The molecule has 9 nitrogen and oxygen atoms in total. The molecule has 0 fully saturated rings. The molecular formula is C33H43N9. The largest absolute Gasteiger partial charge is 0.368 e. The van der Waals surface area contributed by atoms with Gasteiger partial charge in [0.05, 0.1) is 5.69 Å². The molecule has 2 aromatic carbocycles. The predicted molar refractivity (Wildman–Crippen MR) is 169 cm³/mol. The van der Waals surface area contributed by atoms with Crippen molar-refractivity contribution in [1.29, 1.82) is 0 Å². The zero-order valence-corrected chi connectivity index (χ0v) is 24.9. The number of aromatic nitrogens is 5. The van der Waals surface area contributed by atoms with Gasteiger partial charge in [-0.1, -0.05) is 44.2 Å². The van der Waals surface area contributed by atoms with Crippen LogP contribution in [0.15, 0.2) is 48.5 Å². The Kier molecular flexibility index (Phi) is 8.76. The zero-order valence-electron chi connectivity index (χ0n) is 24.9. The van der Waals surface area contributed by atoms with E-state index in [-0.39, 0.29) is 5.95 Å². The van der Waals surface area contributed by atoms with Crippen molar-refractivity contribution in [1.82, 2.24) is 35.2 Å². The standard InChI is InChI=1S/C33H43N9/c1-3-41(4-2)20-8-19-35-27-16-13-23-14-18-28(21-25(23)15-17-27)36-33-37-32(34)42(40-33)30-22-26-11-7-10-24-9-5-6-12-29(24)31(26)39-38-30/h5-6,9,12,14,18,21-22,27,35H,3-4,7-8,10-11,13,15-17,19-20H2,1-2H3,(H3,34,36,37,40). The number of hydrogen-bond acceptors (Lipinski definition) is 8. The highest BCUT2D eigenvalue weighted by Gasteiger charge is 2.20. The molecule has 42 heavy (non-hydrogen) atoms. The van der Waals surface area contributed by atoms with E-state index in [4.69, 9.17) is 5.73 Å². The minimum absolute atomic E-state index is 0.283. The number of anilines is 3. The second-order valence-electron chi connectivity index (χ2n) is 11.5. The maximum absolute atomic E-state index is 6.31. The average Bonchev–Trinajstić information content (AvgIpc) is 3.15. The normalized spacial score (nSPS) is 16.3. The molecule has 0 radical (unpaired) electrons. The summed E-state index contributed by atoms with van der Waals surface area (Å²) in [7, 11) is 0. The molecule has 2 aromatic heterocycles. The second kappa shape index (κ2) is 13.0. The molecule has 0 aliphatic heterocycles. The van der Waals surface area contributed by atoms with Gasteiger partial charge in [0.1, 0.15) is 0 Å². The van der Waals surface area contributed by atoms with Crippen LogP contribution in [0.1, 0.15) is 61.8 Å². The Morgan fingerprint density at radius 3 is 2.57 bits per heavy atom. The van der Waals surface area contributed by atoms with E-state index in [9.17, 15) is 0 Å². The first-order chi connectivity index (χ1) is 20.6. The Bertz CT molecular complexity index is 1510. The number of rotatable bonds is 10. The van der Waals surface area contributed by atoms with Gasteiger partial charge in [-0.15, -0.1) is 15.3 Å². The number of fused-ring (bicyclic) bond motifs is 4. The molecule has 1 unspecified atom stereocenters. The molecule has 4 aromatic rings. The molecule has 6 rings (SSSR count). The quantitative estimate of drug-likeness (QED) is 0.180. The number of benzene rings is 2. The monoisotopic (exact) mass is 565 g/mol. The van der Waals surface area contributed by atoms with E-state index in [1.807, 2.05) is 0 Å². The number of hydrogen-bond donors (Lipinski definition) is 3. The van der Waals surface area contributed by atoms with Crippen molar-refractivity contribution in [2.45, 2.75) is 71.3 Å². The summed E-state index contributed by atoms with van der Waals surface area (Å²) in [5, 5.41) is 21.0. The molecule has 0 bridgehead atoms. The summed E-state index contributed by atoms with van der Waals surface area (Å²) in [4.78, 5) is 6.99. The first-order valence-corrected chi connectivity index (χ1v) is 15.6. The number of nitrogens with one attached hydrogen (secondary N) is 2. The van der Waals surface area contributed by atoms with Crippen molar-refractivity contribution in [2.24, 2.45) is 0 Å². The van der Waals surface area contributed by atoms with E-state index < -0.39 is 0 Å². The lowest BCUT2D eigenvalue weighted by atomic mass is 10.0. The van der Waals surface area contributed by atoms with Gasteiger partial charge in [0, 0.05) is 17.3 Å². The summed E-state index contributed by atoms with van der Waals surface area (Å²) in [5.74, 6) is 1.32. The third-order valence-electron chi connectivity index (χ3n) is 8.84. The van der Waals surface area contributed by atoms with E-state index in [0.717, 1.165) is 75.1 Å². The van der Waals surface area contributed by atoms with Crippen LogP contribution in [-0.2, 0) is 25.7 Å². The van der Waals surface area contributed by atoms with Crippen LogP contribution in [-0.4, -0.2) is 62.1 Å². The number of aryl methyl sites for hydroxylation is 4. The molecule has 2 aliphatic carbocycles. The highest BCUT2D eigenvalue weighted by atomic mass is 15.4. The summed E-state index contributed by atoms with van der Waals surface area (Å²) in [5.41, 5.74) is 14.7. The second-order valence-corrected chi connectivity index (χ2v) is 11.5. The summed E-state index contributed by atoms with van der Waals surface area (Å²) in [6.07, 6.45) is 8.75. The van der Waals surface area contributed by atoms with Gasteiger partial charge >= 0.3 is 0 Å². The average molecular weight is 566 g/mol. The lowest BCUT2D eigenvalue weighted by Gasteiger charge is -2.20. The first kappa shape index (κ1) is 28.3. The minimum atomic E-state index is 0.283. The van der Waals surface area contributed by atoms with Crippen LogP contribution in [0.5, 0.6) is 0 Å². The predicted octanol–water partition coefficient (Wildman–Crippen LogP) is 5.11. The molecule has 2 aliphatic rings. The summed E-state index contributed by atoms with van der Waals surface area (Å²) < 4.78 is 1.58. The van der Waals surface area contributed by atoms with Crippen molar-refractivity contribution in [3.8, 4) is 17.1 Å². The highest BCUT2D eigenvalue weighted by molar-refractivity contribution is 5.68. The number of nitrogen functional groups attached to an aromatic ring is 1. The van der Waals surface area contributed by atoms with Gasteiger partial charge < -0.3 is 21.3 Å². The maximum Gasteiger partial charge on any atom is 0.248 e. The molecular weight excluding hydrogens is 522 g/mol. The molecule has 1 atom stereocenters. The Morgan fingerprint density at radius 2 is 1.71 bits per heavy atom. The van der Waals surface area contributed by atoms with E-state index in [0.29, 0.717) is 17.8 Å². The van der Waals surface area contributed by atoms with Crippen molar-refractivity contribution in [2.75, 3.05) is 37.2 Å². The van der Waals surface area contributed by atoms with Crippen LogP contribution in [0, 0.1) is 0 Å². The number of nitrogens with two attached hydrogens (primary N) is 1. The Labute approximate surface area is 248 Å². The van der Waals surface area contributed by atoms with Gasteiger partial charge in [-0.05, 0) is 118 Å². The molecule has 0 amide bonds. The summed E-state index contributed by atoms with van der Waals surface area (Å²) in [6, 6.07) is 17.7. The smallest absolute Gasteiger partial charge is 0.248 e. The van der Waals surface area contributed by atoms with Crippen LogP contribution in [0.4, 0.5) is 17.6 Å². The van der Waals surface area contributed by atoms with Crippen LogP contribution in [0.2, 0.25) is 0 Å². The fourth-order valence-electron chi connectivity index (χ4n) is 6.39. The topological polar surface area (TPSA) is 110 Å². The third kappa shape index (κ3) is 6.32. The highest BCUT2D eigenvalue weighted by Crippen LogP contribution is 2.31. The van der Waals surface area contributed by atoms with E-state index in [1.165, 1.54) is 41.6 Å². The Balaban J connectivity index is 1.10. The van der Waals surface area contributed by atoms with Gasteiger partial charge in [-0.3, -0.25) is 0 Å². The van der Waals surface area contributed by atoms with Gasteiger partial charge in [0.2, 0.25) is 11.9 Å². The fraction of sp³-hybridized carbons (Fsp3) is 0.455. The van der Waals surface area contributed by atoms with Gasteiger partial charge in [-0.2, -0.15) is 9.67 Å². The molecule has 0 saturated heterocycles. The van der Waals surface area contributed by atoms with Crippen LogP contribution < -0.4 is 16.4 Å². The van der Waals surface area contributed by atoms with Gasteiger partial charge in [0.15, 0.2) is 5.82 Å². The van der Waals surface area contributed by atoms with Gasteiger partial charge in [0.25, 0.3) is 0 Å². The van der Waals surface area contributed by atoms with Crippen LogP contribution in [0.25, 0.3) is 17.1 Å². The van der Waals surface area contributed by atoms with E-state index >= 15 is 0 Å². The molecule has 220 valence electrons. The Hall–Kier alpha value is -3.82. The van der Waals surface area contributed by atoms with E-state index in [1.54, 1.807) is 4.68 Å². The molecule has 0 spiro atoms. The SMILES string of the molecule is CCN(CC)CCCNC1CCc2ccc(Nc3nc(N)n(-c4cc5c(nn4)-c4ccccc4CCC5)n3)cc2CC1. The van der Waals surface area contributed by atoms with E-state index in [2.05, 4.69) is 98.2 Å². The van der Waals surface area contributed by atoms with Crippen molar-refractivity contribution in [3.05, 3.63) is 70.8 Å². The number of nitrogens with zero attached hydrogens (tertiary/aromatic N) is 6. The maximum atomic E-state index is 6.31. The first-order valence-electron chi connectivity index (χ1n) is 15.6. The van der Waals surface area contributed by atoms with Crippen molar-refractivity contribution >= 4 is 17.6 Å². The van der Waals surface area contributed by atoms with Crippen molar-refractivity contribution in [3.63, 3.8) is 0 Å². The zero-order chi connectivity index (χ0) is 28.9. The summed E-state index contributed by atoms with van der Waals surface area (Å²) in [6.45, 7) is 9.00. The molecule has 2 heterocycles. The molecule has 4 N–H and O–H groups in total. The fourth-order valence-corrected chi connectivity index (χ4v) is 6.39. The third-order valence-corrected chi connectivity index (χ3v) is 8.84. The Morgan fingerprint density at radius 1 is 0.905 bits per heavy atom. The summed E-state index contributed by atoms with van der Waals surface area (Å²) >= 11 is 0. The lowest BCUT2D eigenvalue weighted by Crippen LogP contribution is -2.33. The molecule has 0 saturated carbocycles. The lowest BCUT2D eigenvalue weighted by molar-refractivity contribution is 0.294. The van der Waals surface area contributed by atoms with Crippen LogP contribution >= 0.6 is 0 Å². The van der Waals surface area contributed by atoms with Crippen molar-refractivity contribution < 1.29 is 0 Å². The minimum Gasteiger partial charge on any atom is -0.368 e. The van der Waals surface area contributed by atoms with Crippen LogP contribution in [0.3, 0.4) is 0 Å². The van der Waals surface area contributed by atoms with Gasteiger partial charge in [-0.25, -0.2) is 0 Å².